The molecule has 10 heteroatoms. The van der Waals surface area contributed by atoms with Crippen molar-refractivity contribution in [2.75, 3.05) is 22.5 Å². The number of benzene rings is 1. The molecule has 3 aromatic rings. The number of carboxylic acid groups (broad SMARTS) is 1. The molecule has 0 aliphatic carbocycles. The van der Waals surface area contributed by atoms with Gasteiger partial charge in [0.1, 0.15) is 5.82 Å². The van der Waals surface area contributed by atoms with E-state index in [1.54, 1.807) is 49.6 Å². The molecule has 3 amide bonds. The van der Waals surface area contributed by atoms with Crippen LogP contribution in [-0.4, -0.2) is 39.5 Å². The lowest BCUT2D eigenvalue weighted by atomic mass is 10.1. The van der Waals surface area contributed by atoms with E-state index in [9.17, 15) is 14.4 Å². The summed E-state index contributed by atoms with van der Waals surface area (Å²) in [6.07, 6.45) is 5.94. The Bertz CT molecular complexity index is 1140. The maximum absolute atomic E-state index is 13.0. The number of aliphatic carboxylic acids is 1. The second-order valence-corrected chi connectivity index (χ2v) is 7.36. The Kier molecular flexibility index (Phi) is 8.50. The van der Waals surface area contributed by atoms with Crippen molar-refractivity contribution in [1.82, 2.24) is 15.3 Å². The van der Waals surface area contributed by atoms with Crippen LogP contribution < -0.4 is 21.3 Å². The number of hydrogen-bond donors (Lipinski definition) is 5. The maximum Gasteiger partial charge on any atom is 0.320 e. The molecule has 2 aromatic heterocycles. The van der Waals surface area contributed by atoms with Crippen molar-refractivity contribution in [2.45, 2.75) is 26.2 Å². The average molecular weight is 463 g/mol. The first-order valence-corrected chi connectivity index (χ1v) is 10.8. The molecule has 34 heavy (non-hydrogen) atoms. The minimum absolute atomic E-state index is 0.114. The third-order valence-corrected chi connectivity index (χ3v) is 4.74. The van der Waals surface area contributed by atoms with Crippen LogP contribution in [0.25, 0.3) is 0 Å². The summed E-state index contributed by atoms with van der Waals surface area (Å²) in [5.74, 6) is -0.929. The molecule has 0 unspecified atom stereocenters. The van der Waals surface area contributed by atoms with E-state index in [-0.39, 0.29) is 23.7 Å². The Morgan fingerprint density at radius 3 is 2.47 bits per heavy atom. The van der Waals surface area contributed by atoms with Gasteiger partial charge in [-0.15, -0.1) is 0 Å². The molecule has 2 heterocycles. The maximum atomic E-state index is 13.0. The van der Waals surface area contributed by atoms with Gasteiger partial charge in [-0.1, -0.05) is 12.1 Å². The van der Waals surface area contributed by atoms with Crippen LogP contribution in [0.5, 0.6) is 0 Å². The van der Waals surface area contributed by atoms with E-state index in [0.29, 0.717) is 36.4 Å². The number of urea groups is 1. The van der Waals surface area contributed by atoms with Crippen LogP contribution in [0.15, 0.2) is 61.1 Å². The quantitative estimate of drug-likeness (QED) is 0.306. The van der Waals surface area contributed by atoms with Crippen molar-refractivity contribution in [1.29, 1.82) is 0 Å². The molecule has 0 bridgehead atoms. The molecule has 0 saturated heterocycles. The highest BCUT2D eigenvalue weighted by molar-refractivity contribution is 6.08. The number of nitrogens with zero attached hydrogens (tertiary/aromatic N) is 2. The summed E-state index contributed by atoms with van der Waals surface area (Å²) in [6, 6.07) is 12.0. The molecule has 0 atom stereocenters. The summed E-state index contributed by atoms with van der Waals surface area (Å²) in [5.41, 5.74) is 2.95. The minimum Gasteiger partial charge on any atom is -0.481 e. The van der Waals surface area contributed by atoms with Gasteiger partial charge in [-0.05, 0) is 49.6 Å². The third kappa shape index (κ3) is 7.30. The number of carboxylic acids is 1. The fraction of sp³-hybridized carbons (Fsp3) is 0.208. The van der Waals surface area contributed by atoms with Crippen molar-refractivity contribution in [3.05, 3.63) is 72.2 Å². The predicted octanol–water partition coefficient (Wildman–Crippen LogP) is 4.02. The number of aryl methyl sites for hydroxylation is 1. The molecule has 0 fully saturated rings. The van der Waals surface area contributed by atoms with E-state index in [1.165, 1.54) is 6.20 Å². The topological polar surface area (TPSA) is 145 Å². The molecule has 10 nitrogen and oxygen atoms in total. The number of rotatable bonds is 10. The number of nitrogens with one attached hydrogen (secondary N) is 4. The predicted molar refractivity (Wildman–Crippen MR) is 129 cm³/mol. The fourth-order valence-corrected chi connectivity index (χ4v) is 3.12. The molecule has 0 aliphatic rings. The molecule has 3 rings (SSSR count). The molecule has 0 saturated carbocycles. The SMILES string of the molecule is CCNC(=O)Nc1cc(Nc2cccnc2)c(C(=O)Nc2ccc(CCCC(=O)O)cc2)cn1. The van der Waals surface area contributed by atoms with Crippen LogP contribution in [0.3, 0.4) is 0 Å². The van der Waals surface area contributed by atoms with Crippen LogP contribution in [0.1, 0.15) is 35.7 Å². The molecule has 0 radical (unpaired) electrons. The van der Waals surface area contributed by atoms with Crippen molar-refractivity contribution in [2.24, 2.45) is 0 Å². The Hall–Kier alpha value is -4.47. The zero-order valence-electron chi connectivity index (χ0n) is 18.7. The standard InChI is InChI=1S/C24H26N6O4/c1-2-26-24(34)30-21-13-20(28-18-6-4-12-25-14-18)19(15-27-21)23(33)29-17-10-8-16(9-11-17)5-3-7-22(31)32/h4,6,8-15H,2-3,5,7H2,1H3,(H,29,33)(H,31,32)(H3,26,27,28,30,34). The first-order valence-electron chi connectivity index (χ1n) is 10.8. The Morgan fingerprint density at radius 2 is 1.79 bits per heavy atom. The number of pyridine rings is 2. The summed E-state index contributed by atoms with van der Waals surface area (Å²) in [4.78, 5) is 43.8. The number of carbonyl (C=O) groups is 3. The summed E-state index contributed by atoms with van der Waals surface area (Å²) >= 11 is 0. The lowest BCUT2D eigenvalue weighted by Gasteiger charge is -2.14. The van der Waals surface area contributed by atoms with E-state index in [2.05, 4.69) is 31.2 Å². The van der Waals surface area contributed by atoms with Crippen LogP contribution in [-0.2, 0) is 11.2 Å². The van der Waals surface area contributed by atoms with Gasteiger partial charge in [-0.2, -0.15) is 0 Å². The van der Waals surface area contributed by atoms with Gasteiger partial charge in [-0.25, -0.2) is 9.78 Å². The third-order valence-electron chi connectivity index (χ3n) is 4.74. The number of amides is 3. The second-order valence-electron chi connectivity index (χ2n) is 7.36. The van der Waals surface area contributed by atoms with Crippen LogP contribution >= 0.6 is 0 Å². The van der Waals surface area contributed by atoms with Gasteiger partial charge in [0, 0.05) is 37.1 Å². The molecule has 176 valence electrons. The van der Waals surface area contributed by atoms with Crippen LogP contribution in [0, 0.1) is 0 Å². The monoisotopic (exact) mass is 462 g/mol. The summed E-state index contributed by atoms with van der Waals surface area (Å²) < 4.78 is 0. The van der Waals surface area contributed by atoms with Gasteiger partial charge < -0.3 is 21.1 Å². The van der Waals surface area contributed by atoms with Crippen molar-refractivity contribution in [3.63, 3.8) is 0 Å². The van der Waals surface area contributed by atoms with Crippen LogP contribution in [0.4, 0.5) is 27.7 Å². The van der Waals surface area contributed by atoms with Crippen LogP contribution in [0.2, 0.25) is 0 Å². The zero-order valence-corrected chi connectivity index (χ0v) is 18.7. The molecule has 1 aromatic carbocycles. The lowest BCUT2D eigenvalue weighted by Crippen LogP contribution is -2.28. The van der Waals surface area contributed by atoms with Gasteiger partial charge in [-0.3, -0.25) is 19.9 Å². The zero-order chi connectivity index (χ0) is 24.3. The normalized spacial score (nSPS) is 10.3. The first kappa shape index (κ1) is 24.2. The number of carbonyl (C=O) groups excluding carboxylic acids is 2. The molecular formula is C24H26N6O4. The highest BCUT2D eigenvalue weighted by Crippen LogP contribution is 2.24. The average Bonchev–Trinajstić information content (AvgIpc) is 2.81. The lowest BCUT2D eigenvalue weighted by molar-refractivity contribution is -0.137. The van der Waals surface area contributed by atoms with Gasteiger partial charge >= 0.3 is 12.0 Å². The Balaban J connectivity index is 1.76. The number of anilines is 4. The summed E-state index contributed by atoms with van der Waals surface area (Å²) in [6.45, 7) is 2.27. The van der Waals surface area contributed by atoms with Gasteiger partial charge in [0.25, 0.3) is 5.91 Å². The van der Waals surface area contributed by atoms with Gasteiger partial charge in [0.05, 0.1) is 23.1 Å². The first-order chi connectivity index (χ1) is 16.4. The van der Waals surface area contributed by atoms with E-state index < -0.39 is 12.0 Å². The minimum atomic E-state index is -0.819. The highest BCUT2D eigenvalue weighted by Gasteiger charge is 2.15. The largest absolute Gasteiger partial charge is 0.481 e. The highest BCUT2D eigenvalue weighted by atomic mass is 16.4. The second kappa shape index (κ2) is 12.0. The number of hydrogen-bond acceptors (Lipinski definition) is 6. The van der Waals surface area contributed by atoms with E-state index in [4.69, 9.17) is 5.11 Å². The van der Waals surface area contributed by atoms with E-state index in [1.807, 2.05) is 12.1 Å². The molecule has 0 spiro atoms. The summed E-state index contributed by atoms with van der Waals surface area (Å²) in [5, 5.41) is 20.0. The number of aromatic nitrogens is 2. The molecule has 0 aliphatic heterocycles. The molecule has 5 N–H and O–H groups in total. The smallest absolute Gasteiger partial charge is 0.320 e. The molecular weight excluding hydrogens is 436 g/mol. The Labute approximate surface area is 196 Å². The van der Waals surface area contributed by atoms with Crippen molar-refractivity contribution in [3.8, 4) is 0 Å². The van der Waals surface area contributed by atoms with Crippen molar-refractivity contribution < 1.29 is 19.5 Å². The van der Waals surface area contributed by atoms with Crippen molar-refractivity contribution >= 4 is 40.8 Å². The van der Waals surface area contributed by atoms with E-state index in [0.717, 1.165) is 5.56 Å². The Morgan fingerprint density at radius 1 is 1.00 bits per heavy atom. The van der Waals surface area contributed by atoms with Gasteiger partial charge in [0.15, 0.2) is 0 Å². The fourth-order valence-electron chi connectivity index (χ4n) is 3.12. The van der Waals surface area contributed by atoms with E-state index >= 15 is 0 Å². The summed E-state index contributed by atoms with van der Waals surface area (Å²) in [7, 11) is 0. The van der Waals surface area contributed by atoms with Gasteiger partial charge in [0.2, 0.25) is 0 Å².